The minimum atomic E-state index is -0.505. The van der Waals surface area contributed by atoms with E-state index in [0.29, 0.717) is 6.54 Å². The van der Waals surface area contributed by atoms with E-state index < -0.39 is 11.7 Å². The van der Waals surface area contributed by atoms with E-state index in [2.05, 4.69) is 5.32 Å². The molecule has 0 fully saturated rings. The summed E-state index contributed by atoms with van der Waals surface area (Å²) in [5.74, 6) is -0.361. The average molecular weight is 264 g/mol. The standard InChI is InChI=1S/C14H20N2O3/c1-14(2,3)19-13(18)16-9-11-6-4-10(5-7-11)8-12(15)17/h4-7H,8-9H2,1-3H3,(H2,15,17)(H,16,18). The lowest BCUT2D eigenvalue weighted by Gasteiger charge is -2.19. The van der Waals surface area contributed by atoms with Crippen LogP contribution in [0.3, 0.4) is 0 Å². The predicted molar refractivity (Wildman–Crippen MR) is 72.4 cm³/mol. The first-order valence-electron chi connectivity index (χ1n) is 6.09. The summed E-state index contributed by atoms with van der Waals surface area (Å²) < 4.78 is 5.12. The largest absolute Gasteiger partial charge is 0.444 e. The molecule has 0 radical (unpaired) electrons. The maximum absolute atomic E-state index is 11.4. The van der Waals surface area contributed by atoms with Gasteiger partial charge < -0.3 is 15.8 Å². The van der Waals surface area contributed by atoms with Gasteiger partial charge in [0.1, 0.15) is 5.60 Å². The smallest absolute Gasteiger partial charge is 0.407 e. The second-order valence-corrected chi connectivity index (χ2v) is 5.32. The minimum Gasteiger partial charge on any atom is -0.444 e. The number of carbonyl (C=O) groups excluding carboxylic acids is 2. The molecule has 0 spiro atoms. The third kappa shape index (κ3) is 6.45. The number of amides is 2. The van der Waals surface area contributed by atoms with Gasteiger partial charge in [0, 0.05) is 6.54 Å². The molecule has 0 bridgehead atoms. The summed E-state index contributed by atoms with van der Waals surface area (Å²) in [4.78, 5) is 22.2. The van der Waals surface area contributed by atoms with Crippen LogP contribution in [0.2, 0.25) is 0 Å². The molecular weight excluding hydrogens is 244 g/mol. The average Bonchev–Trinajstić information content (AvgIpc) is 2.25. The Kier molecular flexibility index (Phi) is 4.92. The first kappa shape index (κ1) is 15.0. The van der Waals surface area contributed by atoms with Crippen molar-refractivity contribution in [2.75, 3.05) is 0 Å². The molecule has 19 heavy (non-hydrogen) atoms. The normalized spacial score (nSPS) is 10.9. The fraction of sp³-hybridized carbons (Fsp3) is 0.429. The molecule has 1 aromatic rings. The SMILES string of the molecule is CC(C)(C)OC(=O)NCc1ccc(CC(N)=O)cc1. The lowest BCUT2D eigenvalue weighted by atomic mass is 10.1. The van der Waals surface area contributed by atoms with Crippen LogP contribution in [0, 0.1) is 0 Å². The number of benzene rings is 1. The van der Waals surface area contributed by atoms with Gasteiger partial charge >= 0.3 is 6.09 Å². The first-order chi connectivity index (χ1) is 8.76. The molecule has 0 aliphatic carbocycles. The topological polar surface area (TPSA) is 81.4 Å². The molecule has 0 aromatic heterocycles. The van der Waals surface area contributed by atoms with Gasteiger partial charge in [-0.1, -0.05) is 24.3 Å². The summed E-state index contributed by atoms with van der Waals surface area (Å²) in [5, 5.41) is 2.66. The van der Waals surface area contributed by atoms with Gasteiger partial charge in [-0.2, -0.15) is 0 Å². The van der Waals surface area contributed by atoms with Gasteiger partial charge in [0.25, 0.3) is 0 Å². The number of primary amides is 1. The molecule has 3 N–H and O–H groups in total. The Morgan fingerprint density at radius 2 is 1.68 bits per heavy atom. The zero-order chi connectivity index (χ0) is 14.5. The number of hydrogen-bond donors (Lipinski definition) is 2. The highest BCUT2D eigenvalue weighted by molar-refractivity contribution is 5.76. The van der Waals surface area contributed by atoms with Gasteiger partial charge in [0.05, 0.1) is 6.42 Å². The number of nitrogens with one attached hydrogen (secondary N) is 1. The summed E-state index contributed by atoms with van der Waals surface area (Å²) in [5.41, 5.74) is 6.39. The summed E-state index contributed by atoms with van der Waals surface area (Å²) >= 11 is 0. The van der Waals surface area contributed by atoms with Crippen molar-refractivity contribution in [2.24, 2.45) is 5.73 Å². The molecule has 104 valence electrons. The Hall–Kier alpha value is -2.04. The zero-order valence-corrected chi connectivity index (χ0v) is 11.5. The van der Waals surface area contributed by atoms with E-state index in [1.54, 1.807) is 0 Å². The van der Waals surface area contributed by atoms with Gasteiger partial charge in [-0.25, -0.2) is 4.79 Å². The van der Waals surface area contributed by atoms with Crippen LogP contribution in [0.15, 0.2) is 24.3 Å². The molecule has 5 heteroatoms. The van der Waals surface area contributed by atoms with E-state index >= 15 is 0 Å². The monoisotopic (exact) mass is 264 g/mol. The van der Waals surface area contributed by atoms with Crippen LogP contribution in [-0.4, -0.2) is 17.6 Å². The highest BCUT2D eigenvalue weighted by Crippen LogP contribution is 2.08. The Bertz CT molecular complexity index is 447. The Balaban J connectivity index is 2.46. The van der Waals surface area contributed by atoms with Crippen molar-refractivity contribution in [1.29, 1.82) is 0 Å². The number of hydrogen-bond acceptors (Lipinski definition) is 3. The molecule has 0 saturated heterocycles. The number of ether oxygens (including phenoxy) is 1. The Morgan fingerprint density at radius 3 is 2.16 bits per heavy atom. The van der Waals surface area contributed by atoms with Crippen molar-refractivity contribution in [3.05, 3.63) is 35.4 Å². The number of alkyl carbamates (subject to hydrolysis) is 1. The third-order valence-electron chi connectivity index (χ3n) is 2.24. The number of rotatable bonds is 4. The van der Waals surface area contributed by atoms with Gasteiger partial charge in [-0.05, 0) is 31.9 Å². The summed E-state index contributed by atoms with van der Waals surface area (Å²) in [6, 6.07) is 7.32. The van der Waals surface area contributed by atoms with Gasteiger partial charge in [-0.15, -0.1) is 0 Å². The highest BCUT2D eigenvalue weighted by Gasteiger charge is 2.15. The molecule has 0 unspecified atom stereocenters. The van der Waals surface area contributed by atoms with Crippen molar-refractivity contribution in [3.8, 4) is 0 Å². The van der Waals surface area contributed by atoms with E-state index in [0.717, 1.165) is 11.1 Å². The molecule has 0 aliphatic rings. The zero-order valence-electron chi connectivity index (χ0n) is 11.5. The van der Waals surface area contributed by atoms with E-state index in [-0.39, 0.29) is 12.3 Å². The first-order valence-corrected chi connectivity index (χ1v) is 6.09. The highest BCUT2D eigenvalue weighted by atomic mass is 16.6. The third-order valence-corrected chi connectivity index (χ3v) is 2.24. The summed E-state index contributed by atoms with van der Waals surface area (Å²) in [6.45, 7) is 5.81. The summed E-state index contributed by atoms with van der Waals surface area (Å²) in [7, 11) is 0. The second kappa shape index (κ2) is 6.22. The second-order valence-electron chi connectivity index (χ2n) is 5.32. The fourth-order valence-corrected chi connectivity index (χ4v) is 1.46. The Morgan fingerprint density at radius 1 is 1.16 bits per heavy atom. The molecule has 0 saturated carbocycles. The van der Waals surface area contributed by atoms with Crippen LogP contribution in [0.25, 0.3) is 0 Å². The van der Waals surface area contributed by atoms with E-state index in [9.17, 15) is 9.59 Å². The molecule has 5 nitrogen and oxygen atoms in total. The minimum absolute atomic E-state index is 0.222. The van der Waals surface area contributed by atoms with Crippen molar-refractivity contribution >= 4 is 12.0 Å². The molecule has 2 amide bonds. The molecule has 0 aliphatic heterocycles. The number of carbonyl (C=O) groups is 2. The van der Waals surface area contributed by atoms with Crippen LogP contribution in [-0.2, 0) is 22.5 Å². The van der Waals surface area contributed by atoms with Crippen LogP contribution in [0.4, 0.5) is 4.79 Å². The van der Waals surface area contributed by atoms with Gasteiger partial charge in [0.15, 0.2) is 0 Å². The van der Waals surface area contributed by atoms with Crippen molar-refractivity contribution in [2.45, 2.75) is 39.3 Å². The maximum atomic E-state index is 11.4. The quantitative estimate of drug-likeness (QED) is 0.869. The van der Waals surface area contributed by atoms with E-state index in [1.165, 1.54) is 0 Å². The lowest BCUT2D eigenvalue weighted by Crippen LogP contribution is -2.32. The van der Waals surface area contributed by atoms with Crippen LogP contribution in [0.5, 0.6) is 0 Å². The van der Waals surface area contributed by atoms with Gasteiger partial charge in [-0.3, -0.25) is 4.79 Å². The van der Waals surface area contributed by atoms with E-state index in [4.69, 9.17) is 10.5 Å². The Labute approximate surface area is 113 Å². The molecule has 0 heterocycles. The van der Waals surface area contributed by atoms with Crippen molar-refractivity contribution in [3.63, 3.8) is 0 Å². The van der Waals surface area contributed by atoms with Crippen molar-refractivity contribution < 1.29 is 14.3 Å². The maximum Gasteiger partial charge on any atom is 0.407 e. The molecule has 1 rings (SSSR count). The molecular formula is C14H20N2O3. The fourth-order valence-electron chi connectivity index (χ4n) is 1.46. The number of nitrogens with two attached hydrogens (primary N) is 1. The van der Waals surface area contributed by atoms with Crippen LogP contribution >= 0.6 is 0 Å². The van der Waals surface area contributed by atoms with Crippen LogP contribution in [0.1, 0.15) is 31.9 Å². The van der Waals surface area contributed by atoms with Gasteiger partial charge in [0.2, 0.25) is 5.91 Å². The molecule has 0 atom stereocenters. The predicted octanol–water partition coefficient (Wildman–Crippen LogP) is 1.74. The summed E-state index contributed by atoms with van der Waals surface area (Å²) in [6.07, 6.45) is -0.228. The lowest BCUT2D eigenvalue weighted by molar-refractivity contribution is -0.117. The molecule has 1 aromatic carbocycles. The van der Waals surface area contributed by atoms with Crippen LogP contribution < -0.4 is 11.1 Å². The van der Waals surface area contributed by atoms with Crippen molar-refractivity contribution in [1.82, 2.24) is 5.32 Å². The van der Waals surface area contributed by atoms with E-state index in [1.807, 2.05) is 45.0 Å².